The number of rotatable bonds is 7. The molecule has 0 bridgehead atoms. The third-order valence-corrected chi connectivity index (χ3v) is 4.56. The average molecular weight is 352 g/mol. The zero-order valence-corrected chi connectivity index (χ0v) is 15.0. The Bertz CT molecular complexity index is 557. The Labute approximate surface area is 149 Å². The summed E-state index contributed by atoms with van der Waals surface area (Å²) >= 11 is 6.04. The van der Waals surface area contributed by atoms with Crippen molar-refractivity contribution >= 4 is 29.1 Å². The van der Waals surface area contributed by atoms with Gasteiger partial charge in [0.25, 0.3) is 0 Å². The van der Waals surface area contributed by atoms with Gasteiger partial charge in [-0.05, 0) is 18.6 Å². The molecule has 24 heavy (non-hydrogen) atoms. The maximum Gasteiger partial charge on any atom is 0.238 e. The molecule has 0 aromatic heterocycles. The number of halogens is 1. The first kappa shape index (κ1) is 18.7. The van der Waals surface area contributed by atoms with E-state index in [2.05, 4.69) is 17.1 Å². The Morgan fingerprint density at radius 2 is 1.83 bits per heavy atom. The molecule has 1 aromatic rings. The van der Waals surface area contributed by atoms with Gasteiger partial charge in [0.15, 0.2) is 0 Å². The van der Waals surface area contributed by atoms with Gasteiger partial charge in [0.05, 0.1) is 17.3 Å². The van der Waals surface area contributed by atoms with Gasteiger partial charge in [0, 0.05) is 32.6 Å². The lowest BCUT2D eigenvalue weighted by Crippen LogP contribution is -2.50. The Morgan fingerprint density at radius 3 is 2.50 bits per heavy atom. The van der Waals surface area contributed by atoms with Crippen LogP contribution in [0.3, 0.4) is 0 Å². The molecule has 0 radical (unpaired) electrons. The first-order valence-corrected chi connectivity index (χ1v) is 9.02. The summed E-state index contributed by atoms with van der Waals surface area (Å²) in [5.74, 6) is 0.162. The number of piperazine rings is 1. The predicted octanol–water partition coefficient (Wildman–Crippen LogP) is 3.00. The van der Waals surface area contributed by atoms with E-state index >= 15 is 0 Å². The Hall–Kier alpha value is -1.59. The summed E-state index contributed by atoms with van der Waals surface area (Å²) in [5, 5.41) is 3.37. The number of para-hydroxylation sites is 1. The normalized spacial score (nSPS) is 15.3. The molecule has 1 aromatic carbocycles. The topological polar surface area (TPSA) is 52.7 Å². The van der Waals surface area contributed by atoms with E-state index < -0.39 is 0 Å². The van der Waals surface area contributed by atoms with Crippen molar-refractivity contribution in [1.29, 1.82) is 0 Å². The molecule has 1 heterocycles. The van der Waals surface area contributed by atoms with E-state index in [0.29, 0.717) is 36.8 Å². The van der Waals surface area contributed by atoms with Gasteiger partial charge < -0.3 is 10.2 Å². The minimum atomic E-state index is -0.0779. The minimum Gasteiger partial charge on any atom is -0.340 e. The van der Waals surface area contributed by atoms with Crippen molar-refractivity contribution in [1.82, 2.24) is 9.80 Å². The van der Waals surface area contributed by atoms with Gasteiger partial charge in [-0.2, -0.15) is 0 Å². The number of hydrogen-bond acceptors (Lipinski definition) is 3. The molecular weight excluding hydrogens is 326 g/mol. The Balaban J connectivity index is 1.72. The van der Waals surface area contributed by atoms with Gasteiger partial charge in [0.2, 0.25) is 11.8 Å². The van der Waals surface area contributed by atoms with Crippen molar-refractivity contribution in [3.8, 4) is 0 Å². The zero-order chi connectivity index (χ0) is 17.4. The molecule has 0 spiro atoms. The summed E-state index contributed by atoms with van der Waals surface area (Å²) < 4.78 is 0. The van der Waals surface area contributed by atoms with Crippen LogP contribution in [-0.2, 0) is 9.59 Å². The molecule has 0 aliphatic carbocycles. The van der Waals surface area contributed by atoms with Crippen LogP contribution >= 0.6 is 11.6 Å². The van der Waals surface area contributed by atoms with Crippen molar-refractivity contribution in [3.63, 3.8) is 0 Å². The number of carbonyl (C=O) groups excluding carboxylic acids is 2. The number of benzene rings is 1. The van der Waals surface area contributed by atoms with E-state index in [9.17, 15) is 9.59 Å². The fraction of sp³-hybridized carbons (Fsp3) is 0.556. The molecule has 0 unspecified atom stereocenters. The highest BCUT2D eigenvalue weighted by Crippen LogP contribution is 2.20. The molecule has 0 saturated carbocycles. The van der Waals surface area contributed by atoms with Crippen LogP contribution in [0.2, 0.25) is 5.02 Å². The van der Waals surface area contributed by atoms with Gasteiger partial charge >= 0.3 is 0 Å². The molecule has 132 valence electrons. The first-order chi connectivity index (χ1) is 11.6. The summed E-state index contributed by atoms with van der Waals surface area (Å²) in [6.45, 7) is 5.32. The predicted molar refractivity (Wildman–Crippen MR) is 97.2 cm³/mol. The maximum atomic E-state index is 12.1. The summed E-state index contributed by atoms with van der Waals surface area (Å²) in [4.78, 5) is 28.2. The van der Waals surface area contributed by atoms with Crippen LogP contribution in [0.15, 0.2) is 24.3 Å². The third-order valence-electron chi connectivity index (χ3n) is 4.23. The summed E-state index contributed by atoms with van der Waals surface area (Å²) in [6.07, 6.45) is 3.84. The van der Waals surface area contributed by atoms with Crippen molar-refractivity contribution in [2.45, 2.75) is 32.6 Å². The highest BCUT2D eigenvalue weighted by atomic mass is 35.5. The molecule has 2 rings (SSSR count). The largest absolute Gasteiger partial charge is 0.340 e. The monoisotopic (exact) mass is 351 g/mol. The molecule has 6 heteroatoms. The second-order valence-electron chi connectivity index (χ2n) is 6.14. The maximum absolute atomic E-state index is 12.1. The minimum absolute atomic E-state index is 0.0779. The molecule has 1 N–H and O–H groups in total. The number of nitrogens with one attached hydrogen (secondary N) is 1. The summed E-state index contributed by atoms with van der Waals surface area (Å²) in [7, 11) is 0. The van der Waals surface area contributed by atoms with E-state index in [1.807, 2.05) is 17.0 Å². The second-order valence-corrected chi connectivity index (χ2v) is 6.55. The number of carbonyl (C=O) groups is 2. The van der Waals surface area contributed by atoms with E-state index in [4.69, 9.17) is 11.6 Å². The third kappa shape index (κ3) is 5.80. The number of anilines is 1. The van der Waals surface area contributed by atoms with Gasteiger partial charge in [-0.1, -0.05) is 43.5 Å². The van der Waals surface area contributed by atoms with Crippen molar-refractivity contribution in [2.24, 2.45) is 0 Å². The Morgan fingerprint density at radius 1 is 1.12 bits per heavy atom. The number of hydrogen-bond donors (Lipinski definition) is 1. The highest BCUT2D eigenvalue weighted by Gasteiger charge is 2.22. The van der Waals surface area contributed by atoms with Crippen molar-refractivity contribution in [3.05, 3.63) is 29.3 Å². The lowest BCUT2D eigenvalue weighted by Gasteiger charge is -2.34. The van der Waals surface area contributed by atoms with Gasteiger partial charge in [0.1, 0.15) is 0 Å². The molecule has 1 aliphatic rings. The Kier molecular flexibility index (Phi) is 7.53. The van der Waals surface area contributed by atoms with Crippen LogP contribution in [0.25, 0.3) is 0 Å². The van der Waals surface area contributed by atoms with Crippen LogP contribution in [0.5, 0.6) is 0 Å². The van der Waals surface area contributed by atoms with Crippen LogP contribution < -0.4 is 5.32 Å². The molecule has 1 fully saturated rings. The number of unbranched alkanes of at least 4 members (excludes halogenated alkanes) is 2. The fourth-order valence-corrected chi connectivity index (χ4v) is 2.98. The van der Waals surface area contributed by atoms with Crippen molar-refractivity contribution < 1.29 is 9.59 Å². The fourth-order valence-electron chi connectivity index (χ4n) is 2.80. The second kappa shape index (κ2) is 9.64. The van der Waals surface area contributed by atoms with Crippen LogP contribution in [-0.4, -0.2) is 54.3 Å². The van der Waals surface area contributed by atoms with Gasteiger partial charge in [-0.15, -0.1) is 0 Å². The zero-order valence-electron chi connectivity index (χ0n) is 14.3. The SMILES string of the molecule is CCCCCC(=O)N1CCN(CC(=O)Nc2ccccc2Cl)CC1. The highest BCUT2D eigenvalue weighted by molar-refractivity contribution is 6.33. The first-order valence-electron chi connectivity index (χ1n) is 8.64. The van der Waals surface area contributed by atoms with Gasteiger partial charge in [-0.25, -0.2) is 0 Å². The molecule has 1 saturated heterocycles. The molecule has 2 amide bonds. The van der Waals surface area contributed by atoms with E-state index in [-0.39, 0.29) is 11.8 Å². The average Bonchev–Trinajstić information content (AvgIpc) is 2.58. The molecule has 5 nitrogen and oxygen atoms in total. The number of nitrogens with zero attached hydrogens (tertiary/aromatic N) is 2. The van der Waals surface area contributed by atoms with Crippen LogP contribution in [0, 0.1) is 0 Å². The standard InChI is InChI=1S/C18H26ClN3O2/c1-2-3-4-9-18(24)22-12-10-21(11-13-22)14-17(23)20-16-8-6-5-7-15(16)19/h5-8H,2-4,9-14H2,1H3,(H,20,23). The van der Waals surface area contributed by atoms with Gasteiger partial charge in [-0.3, -0.25) is 14.5 Å². The lowest BCUT2D eigenvalue weighted by atomic mass is 10.2. The summed E-state index contributed by atoms with van der Waals surface area (Å²) in [6, 6.07) is 7.20. The smallest absolute Gasteiger partial charge is 0.238 e. The quantitative estimate of drug-likeness (QED) is 0.768. The molecule has 1 aliphatic heterocycles. The lowest BCUT2D eigenvalue weighted by molar-refractivity contribution is -0.133. The summed E-state index contributed by atoms with van der Waals surface area (Å²) in [5.41, 5.74) is 0.633. The van der Waals surface area contributed by atoms with E-state index in [1.165, 1.54) is 0 Å². The van der Waals surface area contributed by atoms with Crippen LogP contribution in [0.1, 0.15) is 32.6 Å². The van der Waals surface area contributed by atoms with Crippen molar-refractivity contribution in [2.75, 3.05) is 38.0 Å². The van der Waals surface area contributed by atoms with Crippen LogP contribution in [0.4, 0.5) is 5.69 Å². The van der Waals surface area contributed by atoms with E-state index in [0.717, 1.165) is 32.4 Å². The van der Waals surface area contributed by atoms with E-state index in [1.54, 1.807) is 12.1 Å². The number of amides is 2. The molecule has 0 atom stereocenters. The molecular formula is C18H26ClN3O2.